The van der Waals surface area contributed by atoms with E-state index in [2.05, 4.69) is 102 Å². The van der Waals surface area contributed by atoms with Crippen LogP contribution < -0.4 is 14.2 Å². The number of benzene rings is 5. The number of phenolic OH excluding ortho intramolecular Hbond substituents is 1. The summed E-state index contributed by atoms with van der Waals surface area (Å²) in [5.41, 5.74) is 4.62. The fourth-order valence-corrected chi connectivity index (χ4v) is 6.06. The van der Waals surface area contributed by atoms with Crippen molar-refractivity contribution in [2.75, 3.05) is 0 Å². The predicted molar refractivity (Wildman–Crippen MR) is 192 cm³/mol. The van der Waals surface area contributed by atoms with Gasteiger partial charge in [0.25, 0.3) is 0 Å². The highest BCUT2D eigenvalue weighted by molar-refractivity contribution is 5.43. The Morgan fingerprint density at radius 2 is 0.851 bits per heavy atom. The lowest BCUT2D eigenvalue weighted by Gasteiger charge is -2.36. The van der Waals surface area contributed by atoms with Gasteiger partial charge in [0.05, 0.1) is 6.10 Å². The largest absolute Gasteiger partial charge is 0.508 e. The minimum atomic E-state index is -0.701. The van der Waals surface area contributed by atoms with Crippen molar-refractivity contribution in [2.24, 2.45) is 0 Å². The maximum Gasteiger partial charge on any atom is 0.163 e. The van der Waals surface area contributed by atoms with Crippen molar-refractivity contribution in [3.05, 3.63) is 155 Å². The third-order valence-corrected chi connectivity index (χ3v) is 9.06. The highest BCUT2D eigenvalue weighted by atomic mass is 16.6. The van der Waals surface area contributed by atoms with Gasteiger partial charge in [-0.25, -0.2) is 0 Å². The summed E-state index contributed by atoms with van der Waals surface area (Å²) >= 11 is 0. The first kappa shape index (κ1) is 33.7. The van der Waals surface area contributed by atoms with E-state index < -0.39 is 5.60 Å². The summed E-state index contributed by atoms with van der Waals surface area (Å²) in [6.07, 6.45) is -0.226. The average molecular weight is 629 g/mol. The molecule has 0 amide bonds. The van der Waals surface area contributed by atoms with E-state index in [1.807, 2.05) is 68.4 Å². The Morgan fingerprint density at radius 3 is 1.28 bits per heavy atom. The van der Waals surface area contributed by atoms with Gasteiger partial charge >= 0.3 is 0 Å². The molecule has 0 aromatic heterocycles. The molecule has 0 saturated carbocycles. The molecule has 244 valence electrons. The zero-order valence-electron chi connectivity index (χ0n) is 29.0. The molecule has 0 saturated heterocycles. The molecule has 0 bridgehead atoms. The number of ether oxygens (including phenoxy) is 3. The van der Waals surface area contributed by atoms with E-state index in [0.29, 0.717) is 0 Å². The topological polar surface area (TPSA) is 47.9 Å². The number of hydrogen-bond acceptors (Lipinski definition) is 4. The normalized spacial score (nSPS) is 12.9. The third-order valence-electron chi connectivity index (χ3n) is 9.06. The lowest BCUT2D eigenvalue weighted by molar-refractivity contribution is -0.0150. The first-order chi connectivity index (χ1) is 22.3. The smallest absolute Gasteiger partial charge is 0.163 e. The van der Waals surface area contributed by atoms with Crippen molar-refractivity contribution in [3.63, 3.8) is 0 Å². The average Bonchev–Trinajstić information content (AvgIpc) is 3.04. The van der Waals surface area contributed by atoms with Gasteiger partial charge in [0.1, 0.15) is 28.6 Å². The van der Waals surface area contributed by atoms with E-state index in [4.69, 9.17) is 14.2 Å². The minimum absolute atomic E-state index is 0.145. The van der Waals surface area contributed by atoms with Gasteiger partial charge in [-0.2, -0.15) is 0 Å². The Labute approximate surface area is 281 Å². The molecule has 0 radical (unpaired) electrons. The van der Waals surface area contributed by atoms with E-state index in [1.165, 1.54) is 11.1 Å². The van der Waals surface area contributed by atoms with Gasteiger partial charge in [0.15, 0.2) is 6.10 Å². The zero-order chi connectivity index (χ0) is 33.8. The minimum Gasteiger partial charge on any atom is -0.508 e. The molecule has 0 unspecified atom stereocenters. The molecule has 1 atom stereocenters. The Balaban J connectivity index is 1.34. The molecule has 4 heteroatoms. The van der Waals surface area contributed by atoms with Crippen LogP contribution in [0.2, 0.25) is 0 Å². The van der Waals surface area contributed by atoms with Gasteiger partial charge < -0.3 is 19.3 Å². The van der Waals surface area contributed by atoms with Gasteiger partial charge in [-0.3, -0.25) is 0 Å². The summed E-state index contributed by atoms with van der Waals surface area (Å²) in [4.78, 5) is 0. The van der Waals surface area contributed by atoms with Crippen LogP contribution in [0.25, 0.3) is 0 Å². The third kappa shape index (κ3) is 7.82. The van der Waals surface area contributed by atoms with Gasteiger partial charge in [-0.1, -0.05) is 107 Å². The molecule has 0 spiro atoms. The van der Waals surface area contributed by atoms with Crippen molar-refractivity contribution in [1.29, 1.82) is 0 Å². The van der Waals surface area contributed by atoms with Crippen LogP contribution in [0, 0.1) is 0 Å². The monoisotopic (exact) mass is 628 g/mol. The number of rotatable bonds is 12. The molecule has 0 heterocycles. The van der Waals surface area contributed by atoms with Crippen LogP contribution in [0.1, 0.15) is 89.3 Å². The first-order valence-corrected chi connectivity index (χ1v) is 16.4. The molecule has 0 fully saturated rings. The van der Waals surface area contributed by atoms with Crippen LogP contribution in [0.5, 0.6) is 23.0 Å². The molecule has 0 aliphatic rings. The lowest BCUT2D eigenvalue weighted by atomic mass is 9.78. The standard InChI is InChI=1S/C43H48O4/c1-30(2)45-37-24-16-33(17-25-37)42(5,6)34-18-26-38(27-19-34)46-40(31-12-10-9-11-13-31)43(7,8)47-39-28-20-35(21-29-39)41(3,4)32-14-22-36(44)23-15-32/h9-30,40,44H,1-8H3/t40-/m0/s1. The van der Waals surface area contributed by atoms with E-state index in [-0.39, 0.29) is 28.8 Å². The van der Waals surface area contributed by atoms with Crippen LogP contribution in [-0.4, -0.2) is 16.8 Å². The second-order valence-corrected chi connectivity index (χ2v) is 14.2. The first-order valence-electron chi connectivity index (χ1n) is 16.4. The molecular weight excluding hydrogens is 580 g/mol. The van der Waals surface area contributed by atoms with Crippen molar-refractivity contribution in [1.82, 2.24) is 0 Å². The Kier molecular flexibility index (Phi) is 9.72. The summed E-state index contributed by atoms with van der Waals surface area (Å²) in [7, 11) is 0. The second-order valence-electron chi connectivity index (χ2n) is 14.2. The fourth-order valence-electron chi connectivity index (χ4n) is 6.06. The van der Waals surface area contributed by atoms with Gasteiger partial charge in [0.2, 0.25) is 0 Å². The Hall–Kier alpha value is -4.70. The van der Waals surface area contributed by atoms with Crippen LogP contribution in [0.3, 0.4) is 0 Å². The summed E-state index contributed by atoms with van der Waals surface area (Å²) in [6, 6.07) is 42.7. The summed E-state index contributed by atoms with van der Waals surface area (Å²) in [5, 5.41) is 9.74. The van der Waals surface area contributed by atoms with Crippen LogP contribution in [0.15, 0.2) is 127 Å². The molecule has 5 aromatic carbocycles. The van der Waals surface area contributed by atoms with E-state index in [0.717, 1.165) is 33.9 Å². The SMILES string of the molecule is CC(C)Oc1ccc(C(C)(C)c2ccc(O[C@@H](c3ccccc3)C(C)(C)Oc3ccc(C(C)(C)c4ccc(O)cc4)cc3)cc2)cc1. The van der Waals surface area contributed by atoms with Gasteiger partial charge in [-0.15, -0.1) is 0 Å². The van der Waals surface area contributed by atoms with Crippen LogP contribution in [-0.2, 0) is 10.8 Å². The Bertz CT molecular complexity index is 1720. The van der Waals surface area contributed by atoms with Crippen molar-refractivity contribution < 1.29 is 19.3 Å². The number of phenols is 1. The fraction of sp³-hybridized carbons (Fsp3) is 0.302. The van der Waals surface area contributed by atoms with Crippen LogP contribution in [0.4, 0.5) is 0 Å². The summed E-state index contributed by atoms with van der Waals surface area (Å²) in [6.45, 7) is 17.1. The lowest BCUT2D eigenvalue weighted by Crippen LogP contribution is -2.39. The predicted octanol–water partition coefficient (Wildman–Crippen LogP) is 10.8. The number of hydrogen-bond donors (Lipinski definition) is 1. The van der Waals surface area contributed by atoms with Crippen molar-refractivity contribution in [2.45, 2.75) is 84.0 Å². The van der Waals surface area contributed by atoms with Gasteiger partial charge in [-0.05, 0) is 104 Å². The van der Waals surface area contributed by atoms with Crippen molar-refractivity contribution in [3.8, 4) is 23.0 Å². The maximum atomic E-state index is 9.74. The molecule has 0 aliphatic heterocycles. The second kappa shape index (κ2) is 13.6. The summed E-state index contributed by atoms with van der Waals surface area (Å²) in [5.74, 6) is 2.70. The zero-order valence-corrected chi connectivity index (χ0v) is 29.0. The highest BCUT2D eigenvalue weighted by Gasteiger charge is 2.36. The van der Waals surface area contributed by atoms with Gasteiger partial charge in [0, 0.05) is 10.8 Å². The van der Waals surface area contributed by atoms with E-state index >= 15 is 0 Å². The van der Waals surface area contributed by atoms with Crippen molar-refractivity contribution >= 4 is 0 Å². The highest BCUT2D eigenvalue weighted by Crippen LogP contribution is 2.39. The molecule has 0 aliphatic carbocycles. The quantitative estimate of drug-likeness (QED) is 0.149. The molecule has 4 nitrogen and oxygen atoms in total. The molecular formula is C43H48O4. The molecule has 1 N–H and O–H groups in total. The molecule has 5 aromatic rings. The van der Waals surface area contributed by atoms with Crippen LogP contribution >= 0.6 is 0 Å². The maximum absolute atomic E-state index is 9.74. The summed E-state index contributed by atoms with van der Waals surface area (Å²) < 4.78 is 19.3. The van der Waals surface area contributed by atoms with E-state index in [9.17, 15) is 5.11 Å². The Morgan fingerprint density at radius 1 is 0.468 bits per heavy atom. The molecule has 5 rings (SSSR count). The molecule has 47 heavy (non-hydrogen) atoms. The van der Waals surface area contributed by atoms with E-state index in [1.54, 1.807) is 12.1 Å². The number of aromatic hydroxyl groups is 1.